The summed E-state index contributed by atoms with van der Waals surface area (Å²) < 4.78 is 0. The molecule has 0 aliphatic carbocycles. The Balaban J connectivity index is 2.24. The number of carbonyl (C=O) groups is 1. The van der Waals surface area contributed by atoms with Crippen molar-refractivity contribution in [3.05, 3.63) is 30.1 Å². The summed E-state index contributed by atoms with van der Waals surface area (Å²) in [5.74, 6) is 0. The van der Waals surface area contributed by atoms with E-state index in [-0.39, 0.29) is 11.6 Å². The molecular weight excluding hydrogens is 202 g/mol. The van der Waals surface area contributed by atoms with E-state index in [0.717, 1.165) is 6.42 Å². The van der Waals surface area contributed by atoms with Crippen LogP contribution >= 0.6 is 0 Å². The fourth-order valence-electron chi connectivity index (χ4n) is 1.25. The van der Waals surface area contributed by atoms with E-state index in [0.29, 0.717) is 6.54 Å². The van der Waals surface area contributed by atoms with Crippen molar-refractivity contribution < 1.29 is 4.79 Å². The maximum atomic E-state index is 11.4. The van der Waals surface area contributed by atoms with Crippen LogP contribution in [0.3, 0.4) is 0 Å². The van der Waals surface area contributed by atoms with Crippen molar-refractivity contribution in [2.75, 3.05) is 6.54 Å². The molecule has 0 saturated heterocycles. The van der Waals surface area contributed by atoms with Crippen molar-refractivity contribution in [1.82, 2.24) is 15.6 Å². The number of nitrogens with zero attached hydrogens (tertiary/aromatic N) is 1. The molecule has 1 aromatic heterocycles. The Bertz CT molecular complexity index is 330. The molecule has 0 fully saturated rings. The lowest BCUT2D eigenvalue weighted by molar-refractivity contribution is 0.232. The molecule has 0 saturated carbocycles. The van der Waals surface area contributed by atoms with Gasteiger partial charge in [0.2, 0.25) is 0 Å². The molecule has 4 nitrogen and oxygen atoms in total. The van der Waals surface area contributed by atoms with Crippen LogP contribution in [0.1, 0.15) is 26.3 Å². The number of nitrogens with one attached hydrogen (secondary N) is 2. The first-order valence-corrected chi connectivity index (χ1v) is 5.42. The van der Waals surface area contributed by atoms with Crippen molar-refractivity contribution in [1.29, 1.82) is 0 Å². The van der Waals surface area contributed by atoms with Crippen LogP contribution in [0.5, 0.6) is 0 Å². The molecule has 1 rings (SSSR count). The quantitative estimate of drug-likeness (QED) is 0.816. The maximum Gasteiger partial charge on any atom is 0.315 e. The lowest BCUT2D eigenvalue weighted by Crippen LogP contribution is -2.46. The van der Waals surface area contributed by atoms with Crippen LogP contribution < -0.4 is 10.6 Å². The summed E-state index contributed by atoms with van der Waals surface area (Å²) in [7, 11) is 0. The smallest absolute Gasteiger partial charge is 0.315 e. The van der Waals surface area contributed by atoms with E-state index in [1.54, 1.807) is 12.4 Å². The predicted octanol–water partition coefficient (Wildman–Crippen LogP) is 1.72. The molecule has 0 radical (unpaired) electrons. The molecule has 0 unspecified atom stereocenters. The Morgan fingerprint density at radius 2 is 1.94 bits per heavy atom. The number of rotatable bonds is 3. The molecule has 0 atom stereocenters. The van der Waals surface area contributed by atoms with Gasteiger partial charge in [0.15, 0.2) is 0 Å². The normalized spacial score (nSPS) is 10.9. The molecule has 0 aliphatic rings. The standard InChI is InChI=1S/C12H19N3O/c1-12(2,3)15-11(16)14-9-6-10-4-7-13-8-5-10/h4-5,7-8H,6,9H2,1-3H3,(H2,14,15,16). The van der Waals surface area contributed by atoms with Crippen LogP contribution in [0.2, 0.25) is 0 Å². The molecule has 1 aromatic rings. The average molecular weight is 221 g/mol. The van der Waals surface area contributed by atoms with Crippen molar-refractivity contribution in [3.8, 4) is 0 Å². The lowest BCUT2D eigenvalue weighted by atomic mass is 10.1. The van der Waals surface area contributed by atoms with Crippen LogP contribution in [0.25, 0.3) is 0 Å². The van der Waals surface area contributed by atoms with Gasteiger partial charge < -0.3 is 10.6 Å². The molecule has 0 aliphatic heterocycles. The van der Waals surface area contributed by atoms with Gasteiger partial charge in [0.1, 0.15) is 0 Å². The van der Waals surface area contributed by atoms with E-state index in [2.05, 4.69) is 15.6 Å². The Kier molecular flexibility index (Phi) is 4.28. The van der Waals surface area contributed by atoms with Gasteiger partial charge in [-0.25, -0.2) is 4.79 Å². The third-order valence-corrected chi connectivity index (χ3v) is 1.94. The highest BCUT2D eigenvalue weighted by atomic mass is 16.2. The maximum absolute atomic E-state index is 11.4. The topological polar surface area (TPSA) is 54.0 Å². The Morgan fingerprint density at radius 3 is 2.50 bits per heavy atom. The molecule has 0 aromatic carbocycles. The highest BCUT2D eigenvalue weighted by molar-refractivity contribution is 5.74. The first-order valence-electron chi connectivity index (χ1n) is 5.42. The number of carbonyl (C=O) groups excluding carboxylic acids is 1. The van der Waals surface area contributed by atoms with Crippen molar-refractivity contribution in [2.24, 2.45) is 0 Å². The zero-order valence-electron chi connectivity index (χ0n) is 10.1. The van der Waals surface area contributed by atoms with E-state index < -0.39 is 0 Å². The van der Waals surface area contributed by atoms with E-state index in [1.165, 1.54) is 5.56 Å². The minimum Gasteiger partial charge on any atom is -0.338 e. The van der Waals surface area contributed by atoms with Crippen molar-refractivity contribution in [2.45, 2.75) is 32.7 Å². The summed E-state index contributed by atoms with van der Waals surface area (Å²) in [6.07, 6.45) is 4.33. The Labute approximate surface area is 96.5 Å². The highest BCUT2D eigenvalue weighted by Crippen LogP contribution is 1.98. The molecule has 4 heteroatoms. The minimum absolute atomic E-state index is 0.124. The van der Waals surface area contributed by atoms with Gasteiger partial charge in [-0.05, 0) is 44.9 Å². The van der Waals surface area contributed by atoms with Gasteiger partial charge in [0, 0.05) is 24.5 Å². The second kappa shape index (κ2) is 5.49. The Hall–Kier alpha value is -1.58. The van der Waals surface area contributed by atoms with Gasteiger partial charge in [-0.3, -0.25) is 4.98 Å². The summed E-state index contributed by atoms with van der Waals surface area (Å²) >= 11 is 0. The first-order chi connectivity index (χ1) is 7.47. The molecule has 2 amide bonds. The number of amides is 2. The minimum atomic E-state index is -0.194. The number of aromatic nitrogens is 1. The number of hydrogen-bond donors (Lipinski definition) is 2. The van der Waals surface area contributed by atoms with E-state index >= 15 is 0 Å². The van der Waals surface area contributed by atoms with E-state index in [1.807, 2.05) is 32.9 Å². The molecule has 1 heterocycles. The fraction of sp³-hybridized carbons (Fsp3) is 0.500. The van der Waals surface area contributed by atoms with Crippen LogP contribution in [-0.4, -0.2) is 23.1 Å². The monoisotopic (exact) mass is 221 g/mol. The molecule has 2 N–H and O–H groups in total. The van der Waals surface area contributed by atoms with Gasteiger partial charge in [-0.2, -0.15) is 0 Å². The van der Waals surface area contributed by atoms with E-state index in [9.17, 15) is 4.79 Å². The van der Waals surface area contributed by atoms with Crippen LogP contribution in [-0.2, 0) is 6.42 Å². The summed E-state index contributed by atoms with van der Waals surface area (Å²) in [4.78, 5) is 15.4. The fourth-order valence-corrected chi connectivity index (χ4v) is 1.25. The largest absolute Gasteiger partial charge is 0.338 e. The molecule has 0 spiro atoms. The van der Waals surface area contributed by atoms with Gasteiger partial charge in [-0.15, -0.1) is 0 Å². The number of hydrogen-bond acceptors (Lipinski definition) is 2. The number of urea groups is 1. The first kappa shape index (κ1) is 12.5. The molecule has 88 valence electrons. The third kappa shape index (κ3) is 5.34. The van der Waals surface area contributed by atoms with Crippen LogP contribution in [0.15, 0.2) is 24.5 Å². The van der Waals surface area contributed by atoms with E-state index in [4.69, 9.17) is 0 Å². The summed E-state index contributed by atoms with van der Waals surface area (Å²) in [5, 5.41) is 5.66. The highest BCUT2D eigenvalue weighted by Gasteiger charge is 2.12. The second-order valence-electron chi connectivity index (χ2n) is 4.74. The summed E-state index contributed by atoms with van der Waals surface area (Å²) in [5.41, 5.74) is 0.979. The van der Waals surface area contributed by atoms with Crippen LogP contribution in [0, 0.1) is 0 Å². The predicted molar refractivity (Wildman–Crippen MR) is 64.2 cm³/mol. The summed E-state index contributed by atoms with van der Waals surface area (Å²) in [6, 6.07) is 3.77. The third-order valence-electron chi connectivity index (χ3n) is 1.94. The zero-order chi connectivity index (χ0) is 12.0. The Morgan fingerprint density at radius 1 is 1.31 bits per heavy atom. The van der Waals surface area contributed by atoms with Gasteiger partial charge in [-0.1, -0.05) is 0 Å². The summed E-state index contributed by atoms with van der Waals surface area (Å²) in [6.45, 7) is 6.49. The zero-order valence-corrected chi connectivity index (χ0v) is 10.1. The second-order valence-corrected chi connectivity index (χ2v) is 4.74. The van der Waals surface area contributed by atoms with Gasteiger partial charge >= 0.3 is 6.03 Å². The lowest BCUT2D eigenvalue weighted by Gasteiger charge is -2.20. The van der Waals surface area contributed by atoms with Gasteiger partial charge in [0.25, 0.3) is 0 Å². The molecular formula is C12H19N3O. The number of pyridine rings is 1. The van der Waals surface area contributed by atoms with Gasteiger partial charge in [0.05, 0.1) is 0 Å². The molecule has 16 heavy (non-hydrogen) atoms. The van der Waals surface area contributed by atoms with Crippen LogP contribution in [0.4, 0.5) is 4.79 Å². The van der Waals surface area contributed by atoms with Crippen molar-refractivity contribution in [3.63, 3.8) is 0 Å². The van der Waals surface area contributed by atoms with Crippen molar-refractivity contribution >= 4 is 6.03 Å². The molecule has 0 bridgehead atoms. The average Bonchev–Trinajstić information content (AvgIpc) is 2.16. The SMILES string of the molecule is CC(C)(C)NC(=O)NCCc1ccncc1.